The molecule has 2 amide bonds. The van der Waals surface area contributed by atoms with Crippen LogP contribution >= 0.6 is 0 Å². The second-order valence-electron chi connectivity index (χ2n) is 3.48. The van der Waals surface area contributed by atoms with Crippen LogP contribution in [0.15, 0.2) is 18.2 Å². The number of nitrogens with one attached hydrogen (secondary N) is 2. The molecule has 0 spiro atoms. The maximum atomic E-state index is 10.9. The fourth-order valence-corrected chi connectivity index (χ4v) is 1.44. The van der Waals surface area contributed by atoms with Gasteiger partial charge in [-0.2, -0.15) is 0 Å². The fourth-order valence-electron chi connectivity index (χ4n) is 1.44. The van der Waals surface area contributed by atoms with E-state index in [1.54, 1.807) is 0 Å². The van der Waals surface area contributed by atoms with Crippen LogP contribution in [0.2, 0.25) is 0 Å². The molecule has 1 aromatic rings. The van der Waals surface area contributed by atoms with Gasteiger partial charge in [0.25, 0.3) is 0 Å². The Morgan fingerprint density at radius 1 is 1.37 bits per heavy atom. The SMILES string of the molecule is NC(=O)NCCNc1cccc(C(=O)O)c1[N+](=O)[O-]. The van der Waals surface area contributed by atoms with E-state index in [1.165, 1.54) is 12.1 Å². The molecule has 19 heavy (non-hydrogen) atoms. The fraction of sp³-hybridized carbons (Fsp3) is 0.200. The highest BCUT2D eigenvalue weighted by atomic mass is 16.6. The minimum Gasteiger partial charge on any atom is -0.477 e. The van der Waals surface area contributed by atoms with Crippen LogP contribution in [0.4, 0.5) is 16.2 Å². The Morgan fingerprint density at radius 2 is 2.05 bits per heavy atom. The molecule has 5 N–H and O–H groups in total. The van der Waals surface area contributed by atoms with Gasteiger partial charge in [-0.15, -0.1) is 0 Å². The molecule has 0 aliphatic carbocycles. The Hall–Kier alpha value is -2.84. The summed E-state index contributed by atoms with van der Waals surface area (Å²) in [6, 6.07) is 3.21. The standard InChI is InChI=1S/C10H12N4O5/c11-10(17)13-5-4-12-7-3-1-2-6(9(15)16)8(7)14(18)19/h1-3,12H,4-5H2,(H,15,16)(H3,11,13,17). The second-order valence-corrected chi connectivity index (χ2v) is 3.48. The molecule has 0 unspecified atom stereocenters. The lowest BCUT2D eigenvalue weighted by atomic mass is 10.1. The molecule has 0 fully saturated rings. The number of anilines is 1. The first-order chi connectivity index (χ1) is 8.93. The van der Waals surface area contributed by atoms with E-state index in [2.05, 4.69) is 10.6 Å². The number of hydrogen-bond acceptors (Lipinski definition) is 5. The number of carbonyl (C=O) groups excluding carboxylic acids is 1. The summed E-state index contributed by atoms with van der Waals surface area (Å²) in [6.45, 7) is 0.330. The molecule has 0 saturated heterocycles. The van der Waals surface area contributed by atoms with Gasteiger partial charge in [0, 0.05) is 13.1 Å². The van der Waals surface area contributed by atoms with Gasteiger partial charge in [0.05, 0.1) is 4.92 Å². The minimum absolute atomic E-state index is 0.0659. The number of urea groups is 1. The number of carbonyl (C=O) groups is 2. The summed E-state index contributed by atoms with van der Waals surface area (Å²) >= 11 is 0. The van der Waals surface area contributed by atoms with Crippen LogP contribution in [0.5, 0.6) is 0 Å². The summed E-state index contributed by atoms with van der Waals surface area (Å²) in [6.07, 6.45) is 0. The molecule has 0 radical (unpaired) electrons. The van der Waals surface area contributed by atoms with Crippen molar-refractivity contribution in [3.05, 3.63) is 33.9 Å². The monoisotopic (exact) mass is 268 g/mol. The molecule has 0 bridgehead atoms. The molecule has 0 aliphatic heterocycles. The van der Waals surface area contributed by atoms with Crippen molar-refractivity contribution in [3.8, 4) is 0 Å². The van der Waals surface area contributed by atoms with Crippen LogP contribution in [0.3, 0.4) is 0 Å². The normalized spacial score (nSPS) is 9.68. The number of amides is 2. The zero-order chi connectivity index (χ0) is 14.4. The Morgan fingerprint density at radius 3 is 2.58 bits per heavy atom. The molecule has 9 heteroatoms. The van der Waals surface area contributed by atoms with Gasteiger partial charge in [0.1, 0.15) is 11.3 Å². The van der Waals surface area contributed by atoms with Gasteiger partial charge in [-0.05, 0) is 12.1 Å². The van der Waals surface area contributed by atoms with E-state index in [0.717, 1.165) is 6.07 Å². The van der Waals surface area contributed by atoms with Gasteiger partial charge in [-0.1, -0.05) is 6.07 Å². The van der Waals surface area contributed by atoms with E-state index in [-0.39, 0.29) is 18.8 Å². The van der Waals surface area contributed by atoms with Crippen LogP contribution in [-0.4, -0.2) is 35.1 Å². The molecule has 1 rings (SSSR count). The average molecular weight is 268 g/mol. The van der Waals surface area contributed by atoms with Crippen LogP contribution in [-0.2, 0) is 0 Å². The number of primary amides is 1. The summed E-state index contributed by atoms with van der Waals surface area (Å²) in [5.74, 6) is -1.38. The number of benzene rings is 1. The van der Waals surface area contributed by atoms with E-state index in [1.807, 2.05) is 0 Å². The van der Waals surface area contributed by atoms with Gasteiger partial charge >= 0.3 is 17.7 Å². The van der Waals surface area contributed by atoms with Crippen molar-refractivity contribution >= 4 is 23.4 Å². The molecule has 0 atom stereocenters. The number of carboxylic acids is 1. The first-order valence-corrected chi connectivity index (χ1v) is 5.21. The van der Waals surface area contributed by atoms with E-state index < -0.39 is 28.2 Å². The maximum Gasteiger partial charge on any atom is 0.342 e. The first kappa shape index (κ1) is 14.2. The van der Waals surface area contributed by atoms with Crippen LogP contribution in [0, 0.1) is 10.1 Å². The summed E-state index contributed by atoms with van der Waals surface area (Å²) in [5.41, 5.74) is 3.99. The minimum atomic E-state index is -1.38. The summed E-state index contributed by atoms with van der Waals surface area (Å²) in [5, 5.41) is 24.7. The Bertz CT molecular complexity index is 517. The molecule has 102 valence electrons. The highest BCUT2D eigenvalue weighted by Crippen LogP contribution is 2.28. The third-order valence-electron chi connectivity index (χ3n) is 2.19. The number of nitro groups is 1. The zero-order valence-electron chi connectivity index (χ0n) is 9.75. The number of nitrogens with zero attached hydrogens (tertiary/aromatic N) is 1. The van der Waals surface area contributed by atoms with E-state index in [0.29, 0.717) is 0 Å². The molecule has 0 aromatic heterocycles. The molecule has 1 aromatic carbocycles. The number of hydrogen-bond donors (Lipinski definition) is 4. The highest BCUT2D eigenvalue weighted by Gasteiger charge is 2.23. The van der Waals surface area contributed by atoms with E-state index in [9.17, 15) is 19.7 Å². The number of nitro benzene ring substituents is 1. The predicted molar refractivity (Wildman–Crippen MR) is 66.1 cm³/mol. The van der Waals surface area contributed by atoms with Crippen molar-refractivity contribution in [1.29, 1.82) is 0 Å². The van der Waals surface area contributed by atoms with Crippen LogP contribution < -0.4 is 16.4 Å². The second kappa shape index (κ2) is 6.19. The van der Waals surface area contributed by atoms with Gasteiger partial charge in [0.2, 0.25) is 0 Å². The lowest BCUT2D eigenvalue weighted by Gasteiger charge is -2.08. The maximum absolute atomic E-state index is 10.9. The number of aromatic carboxylic acids is 1. The molecule has 9 nitrogen and oxygen atoms in total. The smallest absolute Gasteiger partial charge is 0.342 e. The lowest BCUT2D eigenvalue weighted by Crippen LogP contribution is -2.33. The Labute approximate surface area is 107 Å². The summed E-state index contributed by atoms with van der Waals surface area (Å²) in [7, 11) is 0. The highest BCUT2D eigenvalue weighted by molar-refractivity contribution is 5.95. The molecule has 0 saturated carbocycles. The third-order valence-corrected chi connectivity index (χ3v) is 2.19. The van der Waals surface area contributed by atoms with Gasteiger partial charge < -0.3 is 21.5 Å². The Balaban J connectivity index is 2.88. The van der Waals surface area contributed by atoms with Crippen LogP contribution in [0.25, 0.3) is 0 Å². The first-order valence-electron chi connectivity index (χ1n) is 5.21. The van der Waals surface area contributed by atoms with Crippen molar-refractivity contribution in [2.24, 2.45) is 5.73 Å². The molecular formula is C10H12N4O5. The number of nitrogens with two attached hydrogens (primary N) is 1. The number of para-hydroxylation sites is 1. The summed E-state index contributed by atoms with van der Waals surface area (Å²) in [4.78, 5) is 31.4. The van der Waals surface area contributed by atoms with Crippen molar-refractivity contribution in [2.45, 2.75) is 0 Å². The molecule has 0 aliphatic rings. The van der Waals surface area contributed by atoms with E-state index >= 15 is 0 Å². The van der Waals surface area contributed by atoms with Crippen molar-refractivity contribution in [1.82, 2.24) is 5.32 Å². The predicted octanol–water partition coefficient (Wildman–Crippen LogP) is 0.373. The quantitative estimate of drug-likeness (QED) is 0.333. The third kappa shape index (κ3) is 3.84. The molecule has 0 heterocycles. The number of rotatable bonds is 6. The Kier molecular flexibility index (Phi) is 4.63. The zero-order valence-corrected chi connectivity index (χ0v) is 9.75. The lowest BCUT2D eigenvalue weighted by molar-refractivity contribution is -0.384. The topological polar surface area (TPSA) is 148 Å². The van der Waals surface area contributed by atoms with Gasteiger partial charge in [0.15, 0.2) is 0 Å². The molecular weight excluding hydrogens is 256 g/mol. The van der Waals surface area contributed by atoms with Gasteiger partial charge in [-0.3, -0.25) is 10.1 Å². The summed E-state index contributed by atoms with van der Waals surface area (Å²) < 4.78 is 0. The van der Waals surface area contributed by atoms with Crippen molar-refractivity contribution < 1.29 is 19.6 Å². The van der Waals surface area contributed by atoms with Crippen molar-refractivity contribution in [2.75, 3.05) is 18.4 Å². The number of carboxylic acid groups (broad SMARTS) is 1. The van der Waals surface area contributed by atoms with E-state index in [4.69, 9.17) is 10.8 Å². The van der Waals surface area contributed by atoms with Gasteiger partial charge in [-0.25, -0.2) is 9.59 Å². The van der Waals surface area contributed by atoms with Crippen LogP contribution in [0.1, 0.15) is 10.4 Å². The van der Waals surface area contributed by atoms with Crippen molar-refractivity contribution in [3.63, 3.8) is 0 Å². The largest absolute Gasteiger partial charge is 0.477 e. The average Bonchev–Trinajstić information content (AvgIpc) is 2.33.